The first kappa shape index (κ1) is 31.1. The van der Waals surface area contributed by atoms with Crippen molar-refractivity contribution < 1.29 is 17.9 Å². The van der Waals surface area contributed by atoms with E-state index < -0.39 is 21.0 Å². The normalized spacial score (nSPS) is 19.0. The van der Waals surface area contributed by atoms with Crippen LogP contribution in [0.5, 0.6) is 0 Å². The Morgan fingerprint density at radius 1 is 1.07 bits per heavy atom. The number of ether oxygens (including phenoxy) is 1. The van der Waals surface area contributed by atoms with Crippen LogP contribution in [0.25, 0.3) is 10.4 Å². The average Bonchev–Trinajstić information content (AvgIpc) is 3.26. The van der Waals surface area contributed by atoms with E-state index in [1.165, 1.54) is 43.4 Å². The summed E-state index contributed by atoms with van der Waals surface area (Å²) in [4.78, 5) is 19.7. The molecule has 2 N–H and O–H groups in total. The standard InChI is InChI=1S/C31H47N3O4S2/c1-29(2,3)23-20-22(13-14-25(23)40(36,37)34-30(4,5)6)26-24(19-21-11-9-8-10-12-21)32-28(39-26)27(35)33-31(7)15-17-38-18-16-31/h13-14,20-21,34H,8-12,15-19H2,1-7H3,(H,33,35). The predicted molar refractivity (Wildman–Crippen MR) is 163 cm³/mol. The van der Waals surface area contributed by atoms with Crippen LogP contribution in [0.2, 0.25) is 0 Å². The summed E-state index contributed by atoms with van der Waals surface area (Å²) in [5, 5.41) is 3.70. The lowest BCUT2D eigenvalue weighted by Crippen LogP contribution is -2.49. The number of hydrogen-bond acceptors (Lipinski definition) is 6. The molecule has 1 saturated heterocycles. The Morgan fingerprint density at radius 3 is 2.33 bits per heavy atom. The van der Waals surface area contributed by atoms with E-state index in [-0.39, 0.29) is 11.4 Å². The molecule has 1 aromatic carbocycles. The van der Waals surface area contributed by atoms with E-state index in [0.717, 1.165) is 41.0 Å². The molecule has 9 heteroatoms. The summed E-state index contributed by atoms with van der Waals surface area (Å²) >= 11 is 1.42. The van der Waals surface area contributed by atoms with Gasteiger partial charge in [-0.25, -0.2) is 18.1 Å². The van der Waals surface area contributed by atoms with E-state index in [1.807, 2.05) is 53.7 Å². The highest BCUT2D eigenvalue weighted by atomic mass is 32.2. The van der Waals surface area contributed by atoms with E-state index in [0.29, 0.717) is 29.0 Å². The van der Waals surface area contributed by atoms with Crippen LogP contribution in [0.1, 0.15) is 114 Å². The molecule has 1 aliphatic carbocycles. The fraction of sp³-hybridized carbons (Fsp3) is 0.677. The Labute approximate surface area is 245 Å². The number of nitrogens with zero attached hydrogens (tertiary/aromatic N) is 1. The zero-order chi connectivity index (χ0) is 29.3. The maximum Gasteiger partial charge on any atom is 0.280 e. The second-order valence-electron chi connectivity index (χ2n) is 13.9. The highest BCUT2D eigenvalue weighted by Gasteiger charge is 2.33. The average molecular weight is 590 g/mol. The molecule has 1 amide bonds. The van der Waals surface area contributed by atoms with E-state index in [1.54, 1.807) is 6.07 Å². The van der Waals surface area contributed by atoms with Crippen LogP contribution in [0, 0.1) is 5.92 Å². The molecule has 222 valence electrons. The van der Waals surface area contributed by atoms with E-state index in [2.05, 4.69) is 17.0 Å². The zero-order valence-corrected chi connectivity index (χ0v) is 26.9. The van der Waals surface area contributed by atoms with Gasteiger partial charge in [-0.15, -0.1) is 11.3 Å². The number of hydrogen-bond donors (Lipinski definition) is 2. The SMILES string of the molecule is CC(C)(C)NS(=O)(=O)c1ccc(-c2sc(C(=O)NC3(C)CCOCC3)nc2CC2CCCCC2)cc1C(C)(C)C. The number of nitrogens with one attached hydrogen (secondary N) is 2. The minimum Gasteiger partial charge on any atom is -0.381 e. The molecule has 2 aliphatic rings. The van der Waals surface area contributed by atoms with Gasteiger partial charge in [-0.1, -0.05) is 58.9 Å². The first-order valence-electron chi connectivity index (χ1n) is 14.7. The summed E-state index contributed by atoms with van der Waals surface area (Å²) in [6, 6.07) is 5.60. The Kier molecular flexibility index (Phi) is 9.20. The first-order chi connectivity index (χ1) is 18.6. The van der Waals surface area contributed by atoms with E-state index >= 15 is 0 Å². The molecule has 4 rings (SSSR count). The number of thiazole rings is 1. The molecule has 0 unspecified atom stereocenters. The van der Waals surface area contributed by atoms with Gasteiger partial charge in [-0.3, -0.25) is 4.79 Å². The van der Waals surface area contributed by atoms with E-state index in [9.17, 15) is 13.2 Å². The van der Waals surface area contributed by atoms with Gasteiger partial charge in [0.25, 0.3) is 5.91 Å². The number of amides is 1. The molecule has 1 aliphatic heterocycles. The van der Waals surface area contributed by atoms with Crippen LogP contribution in [-0.4, -0.2) is 43.6 Å². The molecule has 0 atom stereocenters. The third kappa shape index (κ3) is 7.72. The fourth-order valence-electron chi connectivity index (χ4n) is 5.70. The highest BCUT2D eigenvalue weighted by molar-refractivity contribution is 7.89. The summed E-state index contributed by atoms with van der Waals surface area (Å²) in [7, 11) is -3.73. The number of carbonyl (C=O) groups excluding carboxylic acids is 1. The summed E-state index contributed by atoms with van der Waals surface area (Å²) in [6.45, 7) is 15.0. The van der Waals surface area contributed by atoms with Gasteiger partial charge < -0.3 is 10.1 Å². The van der Waals surface area contributed by atoms with Gasteiger partial charge in [-0.2, -0.15) is 0 Å². The van der Waals surface area contributed by atoms with Crippen LogP contribution < -0.4 is 10.0 Å². The van der Waals surface area contributed by atoms with Gasteiger partial charge in [0.05, 0.1) is 15.5 Å². The monoisotopic (exact) mass is 589 g/mol. The van der Waals surface area contributed by atoms with Crippen LogP contribution in [0.15, 0.2) is 23.1 Å². The summed E-state index contributed by atoms with van der Waals surface area (Å²) < 4.78 is 35.2. The van der Waals surface area contributed by atoms with Crippen molar-refractivity contribution in [3.05, 3.63) is 34.5 Å². The third-order valence-corrected chi connectivity index (χ3v) is 10.9. The molecule has 0 radical (unpaired) electrons. The van der Waals surface area contributed by atoms with Gasteiger partial charge in [0.15, 0.2) is 5.01 Å². The van der Waals surface area contributed by atoms with Crippen molar-refractivity contribution in [2.75, 3.05) is 13.2 Å². The van der Waals surface area contributed by atoms with Gasteiger partial charge in [-0.05, 0) is 81.5 Å². The lowest BCUT2D eigenvalue weighted by atomic mass is 9.84. The zero-order valence-electron chi connectivity index (χ0n) is 25.3. The Hall–Kier alpha value is -1.81. The maximum absolute atomic E-state index is 13.5. The molecule has 0 bridgehead atoms. The number of carbonyl (C=O) groups is 1. The van der Waals surface area contributed by atoms with Gasteiger partial charge in [0, 0.05) is 24.3 Å². The third-order valence-electron chi connectivity index (χ3n) is 7.89. The van der Waals surface area contributed by atoms with Crippen LogP contribution >= 0.6 is 11.3 Å². The van der Waals surface area contributed by atoms with Crippen molar-refractivity contribution >= 4 is 27.3 Å². The molecular weight excluding hydrogens is 542 g/mol. The molecule has 2 heterocycles. The Morgan fingerprint density at radius 2 is 1.73 bits per heavy atom. The van der Waals surface area contributed by atoms with Crippen LogP contribution in [0.3, 0.4) is 0 Å². The highest BCUT2D eigenvalue weighted by Crippen LogP contribution is 2.39. The van der Waals surface area contributed by atoms with Crippen molar-refractivity contribution in [3.8, 4) is 10.4 Å². The molecule has 1 saturated carbocycles. The molecule has 40 heavy (non-hydrogen) atoms. The van der Waals surface area contributed by atoms with E-state index in [4.69, 9.17) is 9.72 Å². The van der Waals surface area contributed by atoms with Crippen molar-refractivity contribution in [1.29, 1.82) is 0 Å². The topological polar surface area (TPSA) is 97.4 Å². The number of rotatable bonds is 7. The van der Waals surface area contributed by atoms with Crippen LogP contribution in [0.4, 0.5) is 0 Å². The van der Waals surface area contributed by atoms with Crippen LogP contribution in [-0.2, 0) is 26.6 Å². The smallest absolute Gasteiger partial charge is 0.280 e. The fourth-order valence-corrected chi connectivity index (χ4v) is 8.50. The molecular formula is C31H47N3O4S2. The van der Waals surface area contributed by atoms with Crippen molar-refractivity contribution in [2.45, 2.75) is 121 Å². The van der Waals surface area contributed by atoms with Crippen molar-refractivity contribution in [1.82, 2.24) is 15.0 Å². The lowest BCUT2D eigenvalue weighted by molar-refractivity contribution is 0.0422. The van der Waals surface area contributed by atoms with Crippen molar-refractivity contribution in [3.63, 3.8) is 0 Å². The van der Waals surface area contributed by atoms with Gasteiger partial charge >= 0.3 is 0 Å². The molecule has 2 fully saturated rings. The second-order valence-corrected chi connectivity index (χ2v) is 16.6. The number of benzene rings is 1. The maximum atomic E-state index is 13.5. The van der Waals surface area contributed by atoms with Crippen molar-refractivity contribution in [2.24, 2.45) is 5.92 Å². The lowest BCUT2D eigenvalue weighted by Gasteiger charge is -2.34. The summed E-state index contributed by atoms with van der Waals surface area (Å²) in [6.07, 6.45) is 8.50. The molecule has 1 aromatic heterocycles. The Bertz CT molecular complexity index is 1310. The minimum absolute atomic E-state index is 0.143. The Balaban J connectivity index is 1.75. The van der Waals surface area contributed by atoms with Gasteiger partial charge in [0.2, 0.25) is 10.0 Å². The van der Waals surface area contributed by atoms with Gasteiger partial charge in [0.1, 0.15) is 0 Å². The molecule has 0 spiro atoms. The largest absolute Gasteiger partial charge is 0.381 e. The summed E-state index contributed by atoms with van der Waals surface area (Å²) in [5.74, 6) is 0.409. The second kappa shape index (κ2) is 11.8. The molecule has 2 aromatic rings. The number of aromatic nitrogens is 1. The summed E-state index contributed by atoms with van der Waals surface area (Å²) in [5.41, 5.74) is 1.30. The first-order valence-corrected chi connectivity index (χ1v) is 17.0. The predicted octanol–water partition coefficient (Wildman–Crippen LogP) is 6.61. The quantitative estimate of drug-likeness (QED) is 0.379. The number of sulfonamides is 1. The molecule has 7 nitrogen and oxygen atoms in total. The minimum atomic E-state index is -3.73.